The highest BCUT2D eigenvalue weighted by atomic mass is 16.5. The summed E-state index contributed by atoms with van der Waals surface area (Å²) in [5.74, 6) is 2.37. The van der Waals surface area contributed by atoms with Crippen LogP contribution in [-0.2, 0) is 12.8 Å². The van der Waals surface area contributed by atoms with Crippen LogP contribution in [0.25, 0.3) is 0 Å². The van der Waals surface area contributed by atoms with E-state index in [1.54, 1.807) is 14.2 Å². The number of rotatable bonds is 8. The summed E-state index contributed by atoms with van der Waals surface area (Å²) >= 11 is 0. The Morgan fingerprint density at radius 1 is 0.757 bits per heavy atom. The number of likely N-dealkylation sites (N-methyl/N-ethyl adjacent to an activating group) is 2. The van der Waals surface area contributed by atoms with Gasteiger partial charge in [0.1, 0.15) is 0 Å². The summed E-state index contributed by atoms with van der Waals surface area (Å²) in [6.07, 6.45) is 3.48. The van der Waals surface area contributed by atoms with Crippen molar-refractivity contribution in [2.45, 2.75) is 65.5 Å². The molecule has 2 N–H and O–H groups in total. The van der Waals surface area contributed by atoms with Gasteiger partial charge >= 0.3 is 0 Å². The van der Waals surface area contributed by atoms with Gasteiger partial charge in [-0.05, 0) is 74.9 Å². The first kappa shape index (κ1) is 27.4. The number of fused-ring (bicyclic) bond motifs is 2. The molecule has 0 radical (unpaired) electrons. The predicted octanol–water partition coefficient (Wildman–Crippen LogP) is 6.06. The fourth-order valence-electron chi connectivity index (χ4n) is 5.98. The SMILES string of the molecule is COc1cc2c(c(Oc3c(OC)cc4c(c3O)[C@H](CC(C)C)N(C)CC4)c1O)[C@H](CC(C)C)N(C)CC2. The number of hydrogen-bond acceptors (Lipinski definition) is 7. The molecular formula is C30H44N2O5. The zero-order valence-corrected chi connectivity index (χ0v) is 23.7. The van der Waals surface area contributed by atoms with Gasteiger partial charge in [0.15, 0.2) is 23.0 Å². The van der Waals surface area contributed by atoms with Crippen molar-refractivity contribution in [3.8, 4) is 34.5 Å². The van der Waals surface area contributed by atoms with Crippen LogP contribution < -0.4 is 14.2 Å². The standard InChI is InChI=1S/C30H44N2O5/c1-17(2)13-21-25-19(9-11-31(21)5)16-24(36-8)29(28(25)34)37-30-26-20(15-23(35-7)27(30)33)10-12-32(6)22(26)14-18(3)4/h15-18,21-22,33-34H,9-14H2,1-8H3/t21-,22-/m0/s1. The van der Waals surface area contributed by atoms with Crippen molar-refractivity contribution < 1.29 is 24.4 Å². The maximum absolute atomic E-state index is 11.7. The highest BCUT2D eigenvalue weighted by Gasteiger charge is 2.36. The summed E-state index contributed by atoms with van der Waals surface area (Å²) in [7, 11) is 7.36. The van der Waals surface area contributed by atoms with Gasteiger partial charge in [0.05, 0.1) is 14.2 Å². The van der Waals surface area contributed by atoms with E-state index in [1.165, 1.54) is 0 Å². The second-order valence-corrected chi connectivity index (χ2v) is 11.5. The van der Waals surface area contributed by atoms with Gasteiger partial charge in [-0.3, -0.25) is 9.80 Å². The number of phenolic OH excluding ortho intramolecular Hbond substituents is 2. The van der Waals surface area contributed by atoms with Crippen molar-refractivity contribution >= 4 is 0 Å². The minimum Gasteiger partial charge on any atom is -0.504 e. The van der Waals surface area contributed by atoms with Crippen LogP contribution in [0.4, 0.5) is 0 Å². The van der Waals surface area contributed by atoms with Gasteiger partial charge in [-0.2, -0.15) is 0 Å². The van der Waals surface area contributed by atoms with Crippen molar-refractivity contribution in [2.24, 2.45) is 11.8 Å². The van der Waals surface area contributed by atoms with E-state index < -0.39 is 0 Å². The number of aromatic hydroxyl groups is 2. The van der Waals surface area contributed by atoms with Crippen molar-refractivity contribution in [3.05, 3.63) is 34.4 Å². The minimum absolute atomic E-state index is 0.0553. The van der Waals surface area contributed by atoms with E-state index in [-0.39, 0.29) is 29.3 Å². The summed E-state index contributed by atoms with van der Waals surface area (Å²) in [5, 5.41) is 23.1. The quantitative estimate of drug-likeness (QED) is 0.445. The Kier molecular flexibility index (Phi) is 8.14. The van der Waals surface area contributed by atoms with Gasteiger partial charge in [-0.25, -0.2) is 0 Å². The Morgan fingerprint density at radius 3 is 1.76 bits per heavy atom. The second kappa shape index (κ2) is 11.0. The molecule has 2 aromatic rings. The fourth-order valence-corrected chi connectivity index (χ4v) is 5.98. The lowest BCUT2D eigenvalue weighted by molar-refractivity contribution is 0.192. The number of nitrogens with zero attached hydrogens (tertiary/aromatic N) is 2. The van der Waals surface area contributed by atoms with Gasteiger partial charge < -0.3 is 24.4 Å². The Bertz CT molecular complexity index is 1130. The molecule has 0 unspecified atom stereocenters. The van der Waals surface area contributed by atoms with Crippen molar-refractivity contribution in [3.63, 3.8) is 0 Å². The Labute approximate surface area is 221 Å². The molecule has 2 aliphatic rings. The first-order chi connectivity index (χ1) is 17.6. The van der Waals surface area contributed by atoms with Crippen molar-refractivity contribution in [1.29, 1.82) is 0 Å². The maximum atomic E-state index is 11.7. The molecule has 204 valence electrons. The lowest BCUT2D eigenvalue weighted by Crippen LogP contribution is -2.33. The maximum Gasteiger partial charge on any atom is 0.211 e. The molecule has 2 heterocycles. The number of methoxy groups -OCH3 is 2. The van der Waals surface area contributed by atoms with Gasteiger partial charge in [0, 0.05) is 36.3 Å². The highest BCUT2D eigenvalue weighted by Crippen LogP contribution is 2.54. The second-order valence-electron chi connectivity index (χ2n) is 11.5. The van der Waals surface area contributed by atoms with Gasteiger partial charge in [0.25, 0.3) is 0 Å². The van der Waals surface area contributed by atoms with Crippen LogP contribution >= 0.6 is 0 Å². The summed E-state index contributed by atoms with van der Waals surface area (Å²) in [6, 6.07) is 4.06. The Hall–Kier alpha value is -2.64. The van der Waals surface area contributed by atoms with Crippen LogP contribution in [0.5, 0.6) is 34.5 Å². The molecule has 0 bridgehead atoms. The van der Waals surface area contributed by atoms with E-state index in [1.807, 2.05) is 12.1 Å². The van der Waals surface area contributed by atoms with E-state index in [0.29, 0.717) is 29.1 Å². The molecule has 2 aliphatic heterocycles. The highest BCUT2D eigenvalue weighted by molar-refractivity contribution is 5.66. The average molecular weight is 513 g/mol. The van der Waals surface area contributed by atoms with Crippen molar-refractivity contribution in [2.75, 3.05) is 41.4 Å². The molecular weight excluding hydrogens is 468 g/mol. The monoisotopic (exact) mass is 512 g/mol. The molecule has 7 heteroatoms. The summed E-state index contributed by atoms with van der Waals surface area (Å²) in [5.41, 5.74) is 4.03. The zero-order valence-electron chi connectivity index (χ0n) is 23.7. The van der Waals surface area contributed by atoms with Gasteiger partial charge in [-0.15, -0.1) is 0 Å². The van der Waals surface area contributed by atoms with Crippen LogP contribution in [0.3, 0.4) is 0 Å². The third-order valence-electron chi connectivity index (χ3n) is 7.92. The molecule has 37 heavy (non-hydrogen) atoms. The third kappa shape index (κ3) is 5.21. The molecule has 7 nitrogen and oxygen atoms in total. The van der Waals surface area contributed by atoms with E-state index >= 15 is 0 Å². The lowest BCUT2D eigenvalue weighted by Gasteiger charge is -2.38. The first-order valence-electron chi connectivity index (χ1n) is 13.5. The van der Waals surface area contributed by atoms with Crippen molar-refractivity contribution in [1.82, 2.24) is 9.80 Å². The van der Waals surface area contributed by atoms with Crippen LogP contribution in [0.2, 0.25) is 0 Å². The molecule has 0 amide bonds. The van der Waals surface area contributed by atoms with Crippen LogP contribution in [0, 0.1) is 11.8 Å². The smallest absolute Gasteiger partial charge is 0.211 e. The topological polar surface area (TPSA) is 74.6 Å². The first-order valence-corrected chi connectivity index (χ1v) is 13.5. The van der Waals surface area contributed by atoms with Gasteiger partial charge in [0.2, 0.25) is 11.5 Å². The lowest BCUT2D eigenvalue weighted by atomic mass is 9.86. The van der Waals surface area contributed by atoms with E-state index in [4.69, 9.17) is 14.2 Å². The van der Waals surface area contributed by atoms with E-state index in [2.05, 4.69) is 51.6 Å². The third-order valence-corrected chi connectivity index (χ3v) is 7.92. The predicted molar refractivity (Wildman–Crippen MR) is 146 cm³/mol. The van der Waals surface area contributed by atoms with Gasteiger partial charge in [-0.1, -0.05) is 27.7 Å². The van der Waals surface area contributed by atoms with Crippen LogP contribution in [0.1, 0.15) is 74.9 Å². The minimum atomic E-state index is -0.0553. The summed E-state index contributed by atoms with van der Waals surface area (Å²) in [6.45, 7) is 10.6. The molecule has 0 aliphatic carbocycles. The van der Waals surface area contributed by atoms with E-state index in [9.17, 15) is 10.2 Å². The molecule has 0 aromatic heterocycles. The number of benzene rings is 2. The molecule has 0 fully saturated rings. The number of phenols is 2. The molecule has 0 spiro atoms. The van der Waals surface area contributed by atoms with E-state index in [0.717, 1.165) is 61.0 Å². The molecule has 0 saturated carbocycles. The van der Waals surface area contributed by atoms with Crippen LogP contribution in [0.15, 0.2) is 12.1 Å². The normalized spacial score (nSPS) is 20.2. The Morgan fingerprint density at radius 2 is 1.24 bits per heavy atom. The molecule has 2 atom stereocenters. The fraction of sp³-hybridized carbons (Fsp3) is 0.600. The largest absolute Gasteiger partial charge is 0.504 e. The molecule has 2 aromatic carbocycles. The number of ether oxygens (including phenoxy) is 3. The van der Waals surface area contributed by atoms with Crippen LogP contribution in [-0.4, -0.2) is 61.4 Å². The average Bonchev–Trinajstić information content (AvgIpc) is 2.84. The Balaban J connectivity index is 1.91. The molecule has 4 rings (SSSR count). The molecule has 0 saturated heterocycles. The summed E-state index contributed by atoms with van der Waals surface area (Å²) in [4.78, 5) is 4.62. The number of hydrogen-bond donors (Lipinski definition) is 2. The summed E-state index contributed by atoms with van der Waals surface area (Å²) < 4.78 is 17.8. The zero-order chi connectivity index (χ0) is 27.0.